The van der Waals surface area contributed by atoms with Gasteiger partial charge in [0.25, 0.3) is 11.2 Å². The molecular formula is C17H9ClN4O3S. The summed E-state index contributed by atoms with van der Waals surface area (Å²) in [6.07, 6.45) is 1.66. The van der Waals surface area contributed by atoms with Gasteiger partial charge in [0.05, 0.1) is 9.46 Å². The van der Waals surface area contributed by atoms with E-state index in [1.54, 1.807) is 42.5 Å². The van der Waals surface area contributed by atoms with Crippen LogP contribution in [0.4, 0.5) is 5.69 Å². The van der Waals surface area contributed by atoms with Gasteiger partial charge in [-0.1, -0.05) is 22.9 Å². The molecule has 0 aliphatic carbocycles. The van der Waals surface area contributed by atoms with Crippen LogP contribution >= 0.6 is 22.9 Å². The highest BCUT2D eigenvalue weighted by Crippen LogP contribution is 2.19. The van der Waals surface area contributed by atoms with Crippen LogP contribution < -0.4 is 10.1 Å². The van der Waals surface area contributed by atoms with Crippen molar-refractivity contribution in [2.45, 2.75) is 0 Å². The van der Waals surface area contributed by atoms with Crippen molar-refractivity contribution in [3.8, 4) is 11.4 Å². The lowest BCUT2D eigenvalue weighted by atomic mass is 10.2. The fourth-order valence-electron chi connectivity index (χ4n) is 2.40. The van der Waals surface area contributed by atoms with Gasteiger partial charge in [-0.15, -0.1) is 5.10 Å². The van der Waals surface area contributed by atoms with Crippen molar-refractivity contribution in [1.82, 2.24) is 14.6 Å². The van der Waals surface area contributed by atoms with Crippen molar-refractivity contribution >= 4 is 39.7 Å². The van der Waals surface area contributed by atoms with E-state index in [4.69, 9.17) is 11.6 Å². The molecule has 7 nitrogen and oxygen atoms in total. The van der Waals surface area contributed by atoms with Crippen LogP contribution in [-0.4, -0.2) is 19.5 Å². The van der Waals surface area contributed by atoms with Crippen molar-refractivity contribution < 1.29 is 4.92 Å². The van der Waals surface area contributed by atoms with Gasteiger partial charge < -0.3 is 0 Å². The Labute approximate surface area is 155 Å². The molecule has 4 rings (SSSR count). The number of non-ortho nitro benzene ring substituents is 1. The topological polar surface area (TPSA) is 90.4 Å². The number of hydrogen-bond acceptors (Lipinski definition) is 6. The first-order chi connectivity index (χ1) is 12.5. The predicted molar refractivity (Wildman–Crippen MR) is 99.5 cm³/mol. The normalized spacial score (nSPS) is 12.0. The lowest BCUT2D eigenvalue weighted by Gasteiger charge is -1.94. The summed E-state index contributed by atoms with van der Waals surface area (Å²) in [5.74, 6) is 0.451. The number of benzene rings is 2. The first-order valence-electron chi connectivity index (χ1n) is 7.43. The van der Waals surface area contributed by atoms with E-state index in [1.165, 1.54) is 28.0 Å². The Morgan fingerprint density at radius 3 is 2.42 bits per heavy atom. The second-order valence-corrected chi connectivity index (χ2v) is 6.85. The molecule has 0 bridgehead atoms. The van der Waals surface area contributed by atoms with E-state index < -0.39 is 4.92 Å². The van der Waals surface area contributed by atoms with Crippen LogP contribution in [0.2, 0.25) is 5.02 Å². The highest BCUT2D eigenvalue weighted by Gasteiger charge is 2.12. The number of halogens is 1. The highest BCUT2D eigenvalue weighted by atomic mass is 35.5. The summed E-state index contributed by atoms with van der Waals surface area (Å²) in [5, 5.41) is 15.6. The maximum absolute atomic E-state index is 12.5. The van der Waals surface area contributed by atoms with Gasteiger partial charge in [0, 0.05) is 22.7 Å². The summed E-state index contributed by atoms with van der Waals surface area (Å²) >= 11 is 7.08. The average Bonchev–Trinajstić information content (AvgIpc) is 3.16. The third kappa shape index (κ3) is 2.96. The van der Waals surface area contributed by atoms with Gasteiger partial charge in [0.1, 0.15) is 0 Å². The summed E-state index contributed by atoms with van der Waals surface area (Å²) in [4.78, 5) is 27.6. The Hall–Kier alpha value is -3.10. The molecule has 2 aromatic carbocycles. The van der Waals surface area contributed by atoms with E-state index in [0.717, 1.165) is 5.56 Å². The molecule has 26 heavy (non-hydrogen) atoms. The molecule has 0 spiro atoms. The zero-order chi connectivity index (χ0) is 18.3. The molecule has 2 aromatic heterocycles. The van der Waals surface area contributed by atoms with Crippen LogP contribution in [0.15, 0.2) is 53.3 Å². The Bertz CT molecular complexity index is 1230. The summed E-state index contributed by atoms with van der Waals surface area (Å²) in [6.45, 7) is 0. The monoisotopic (exact) mass is 384 g/mol. The fourth-order valence-corrected chi connectivity index (χ4v) is 3.43. The van der Waals surface area contributed by atoms with Crippen molar-refractivity contribution in [1.29, 1.82) is 0 Å². The maximum atomic E-state index is 12.5. The number of nitro groups is 1. The van der Waals surface area contributed by atoms with E-state index in [9.17, 15) is 14.9 Å². The summed E-state index contributed by atoms with van der Waals surface area (Å²) < 4.78 is 1.71. The zero-order valence-electron chi connectivity index (χ0n) is 13.0. The molecule has 0 atom stereocenters. The summed E-state index contributed by atoms with van der Waals surface area (Å²) in [6, 6.07) is 13.0. The third-order valence-corrected chi connectivity index (χ3v) is 4.90. The third-order valence-electron chi connectivity index (χ3n) is 3.69. The van der Waals surface area contributed by atoms with Crippen molar-refractivity contribution in [3.63, 3.8) is 0 Å². The van der Waals surface area contributed by atoms with Gasteiger partial charge in [-0.05, 0) is 48.0 Å². The second-order valence-electron chi connectivity index (χ2n) is 5.40. The quantitative estimate of drug-likeness (QED) is 0.400. The van der Waals surface area contributed by atoms with Gasteiger partial charge in [-0.2, -0.15) is 9.50 Å². The molecule has 128 valence electrons. The lowest BCUT2D eigenvalue weighted by Crippen LogP contribution is -2.23. The standard InChI is InChI=1S/C17H9ClN4O3S/c18-12-5-3-11(4-6-12)15-19-17-21(20-15)16(23)14(26-17)9-10-1-7-13(8-2-10)22(24)25/h1-9H/b14-9-. The highest BCUT2D eigenvalue weighted by molar-refractivity contribution is 7.15. The number of nitrogens with zero attached hydrogens (tertiary/aromatic N) is 4. The van der Waals surface area contributed by atoms with E-state index in [1.807, 2.05) is 0 Å². The van der Waals surface area contributed by atoms with E-state index in [2.05, 4.69) is 10.1 Å². The Balaban J connectivity index is 1.74. The van der Waals surface area contributed by atoms with Gasteiger partial charge in [0.2, 0.25) is 4.96 Å². The van der Waals surface area contributed by atoms with Gasteiger partial charge in [0.15, 0.2) is 5.82 Å². The first-order valence-corrected chi connectivity index (χ1v) is 8.62. The summed E-state index contributed by atoms with van der Waals surface area (Å²) in [5.41, 5.74) is 1.18. The molecule has 0 N–H and O–H groups in total. The zero-order valence-corrected chi connectivity index (χ0v) is 14.6. The van der Waals surface area contributed by atoms with E-state index in [-0.39, 0.29) is 11.2 Å². The minimum Gasteiger partial charge on any atom is -0.266 e. The number of thiazole rings is 1. The molecule has 0 saturated heterocycles. The second kappa shape index (κ2) is 6.32. The molecule has 0 radical (unpaired) electrons. The van der Waals surface area contributed by atoms with E-state index >= 15 is 0 Å². The van der Waals surface area contributed by atoms with Crippen LogP contribution in [0, 0.1) is 10.1 Å². The Morgan fingerprint density at radius 1 is 1.12 bits per heavy atom. The maximum Gasteiger partial charge on any atom is 0.291 e. The number of rotatable bonds is 3. The van der Waals surface area contributed by atoms with Crippen LogP contribution in [0.25, 0.3) is 22.4 Å². The largest absolute Gasteiger partial charge is 0.291 e. The first kappa shape index (κ1) is 16.4. The lowest BCUT2D eigenvalue weighted by molar-refractivity contribution is -0.384. The molecule has 0 unspecified atom stereocenters. The number of hydrogen-bond donors (Lipinski definition) is 0. The van der Waals surface area contributed by atoms with Gasteiger partial charge in [-0.3, -0.25) is 14.9 Å². The Morgan fingerprint density at radius 2 is 1.81 bits per heavy atom. The van der Waals surface area contributed by atoms with Crippen LogP contribution in [0.5, 0.6) is 0 Å². The van der Waals surface area contributed by atoms with Crippen molar-refractivity contribution in [2.75, 3.05) is 0 Å². The van der Waals surface area contributed by atoms with Crippen LogP contribution in [0.3, 0.4) is 0 Å². The van der Waals surface area contributed by atoms with Crippen LogP contribution in [-0.2, 0) is 0 Å². The van der Waals surface area contributed by atoms with Gasteiger partial charge >= 0.3 is 0 Å². The van der Waals surface area contributed by atoms with E-state index in [0.29, 0.717) is 25.9 Å². The fraction of sp³-hybridized carbons (Fsp3) is 0. The number of aromatic nitrogens is 3. The van der Waals surface area contributed by atoms with Crippen molar-refractivity contribution in [3.05, 3.63) is 84.1 Å². The SMILES string of the molecule is O=c1/c(=C/c2ccc([N+](=O)[O-])cc2)sc2nc(-c3ccc(Cl)cc3)nn12. The van der Waals surface area contributed by atoms with Crippen LogP contribution in [0.1, 0.15) is 5.56 Å². The molecule has 9 heteroatoms. The molecule has 0 aliphatic heterocycles. The minimum atomic E-state index is -0.468. The molecule has 0 fully saturated rings. The molecule has 2 heterocycles. The van der Waals surface area contributed by atoms with Gasteiger partial charge in [-0.25, -0.2) is 0 Å². The molecule has 4 aromatic rings. The number of fused-ring (bicyclic) bond motifs is 1. The van der Waals surface area contributed by atoms with Crippen molar-refractivity contribution in [2.24, 2.45) is 0 Å². The summed E-state index contributed by atoms with van der Waals surface area (Å²) in [7, 11) is 0. The molecule has 0 aliphatic rings. The molecule has 0 amide bonds. The minimum absolute atomic E-state index is 0.000229. The molecule has 0 saturated carbocycles. The average molecular weight is 385 g/mol. The smallest absolute Gasteiger partial charge is 0.266 e. The predicted octanol–water partition coefficient (Wildman–Crippen LogP) is 2.93. The molecular weight excluding hydrogens is 376 g/mol. The Kier molecular flexibility index (Phi) is 3.98. The number of nitro benzene ring substituents is 1.